The van der Waals surface area contributed by atoms with Crippen molar-refractivity contribution in [1.82, 2.24) is 10.3 Å². The van der Waals surface area contributed by atoms with Crippen molar-refractivity contribution >= 4 is 0 Å². The maximum absolute atomic E-state index is 4.29. The SMILES string of the molecule is CC.CC.Cc1ccc(CNCCc2ccccn2)cc1.[HH].[HH]. The Morgan fingerprint density at radius 1 is 0.952 bits per heavy atom. The van der Waals surface area contributed by atoms with E-state index < -0.39 is 0 Å². The van der Waals surface area contributed by atoms with E-state index in [-0.39, 0.29) is 2.85 Å². The zero-order valence-corrected chi connectivity index (χ0v) is 14.2. The first kappa shape index (κ1) is 19.3. The van der Waals surface area contributed by atoms with Crippen molar-refractivity contribution < 1.29 is 2.85 Å². The zero-order valence-electron chi connectivity index (χ0n) is 14.2. The second-order valence-electron chi connectivity index (χ2n) is 4.23. The fourth-order valence-corrected chi connectivity index (χ4v) is 1.70. The lowest BCUT2D eigenvalue weighted by atomic mass is 10.1. The number of nitrogens with one attached hydrogen (secondary N) is 1. The van der Waals surface area contributed by atoms with Crippen molar-refractivity contribution in [3.8, 4) is 0 Å². The van der Waals surface area contributed by atoms with Crippen LogP contribution in [-0.4, -0.2) is 11.5 Å². The molecule has 0 atom stereocenters. The van der Waals surface area contributed by atoms with Gasteiger partial charge in [-0.05, 0) is 24.6 Å². The van der Waals surface area contributed by atoms with Gasteiger partial charge < -0.3 is 5.32 Å². The molecule has 0 bridgehead atoms. The Balaban J connectivity index is -0.000000619. The maximum Gasteiger partial charge on any atom is 0.0416 e. The van der Waals surface area contributed by atoms with Gasteiger partial charge in [-0.2, -0.15) is 0 Å². The molecule has 0 unspecified atom stereocenters. The van der Waals surface area contributed by atoms with Gasteiger partial charge in [-0.1, -0.05) is 63.6 Å². The predicted octanol–water partition coefficient (Wildman–Crippen LogP) is 5.27. The minimum atomic E-state index is 0. The lowest BCUT2D eigenvalue weighted by Gasteiger charge is -2.05. The van der Waals surface area contributed by atoms with Crippen molar-refractivity contribution in [2.75, 3.05) is 6.54 Å². The van der Waals surface area contributed by atoms with E-state index in [1.165, 1.54) is 11.1 Å². The number of aryl methyl sites for hydroxylation is 1. The number of benzene rings is 1. The molecule has 0 saturated heterocycles. The first-order valence-electron chi connectivity index (χ1n) is 8.01. The summed E-state index contributed by atoms with van der Waals surface area (Å²) >= 11 is 0. The summed E-state index contributed by atoms with van der Waals surface area (Å²) in [5, 5.41) is 3.43. The van der Waals surface area contributed by atoms with Gasteiger partial charge in [0, 0.05) is 34.3 Å². The maximum atomic E-state index is 4.29. The molecular formula is C19H34N2. The molecule has 0 saturated carbocycles. The average Bonchev–Trinajstić information content (AvgIpc) is 2.58. The number of nitrogens with zero attached hydrogens (tertiary/aromatic N) is 1. The molecule has 0 spiro atoms. The lowest BCUT2D eigenvalue weighted by Crippen LogP contribution is -2.17. The summed E-state index contributed by atoms with van der Waals surface area (Å²) in [4.78, 5) is 4.29. The van der Waals surface area contributed by atoms with Crippen LogP contribution in [0.4, 0.5) is 0 Å². The quantitative estimate of drug-likeness (QED) is 0.759. The average molecular weight is 290 g/mol. The summed E-state index contributed by atoms with van der Waals surface area (Å²) in [6.45, 7) is 12.0. The molecule has 120 valence electrons. The molecule has 21 heavy (non-hydrogen) atoms. The van der Waals surface area contributed by atoms with Crippen LogP contribution in [0.2, 0.25) is 0 Å². The number of rotatable bonds is 5. The second kappa shape index (κ2) is 13.3. The van der Waals surface area contributed by atoms with E-state index in [0.717, 1.165) is 25.2 Å². The highest BCUT2D eigenvalue weighted by Crippen LogP contribution is 2.02. The lowest BCUT2D eigenvalue weighted by molar-refractivity contribution is 0.680. The highest BCUT2D eigenvalue weighted by Gasteiger charge is 1.94. The topological polar surface area (TPSA) is 24.9 Å². The van der Waals surface area contributed by atoms with Crippen molar-refractivity contribution in [2.24, 2.45) is 0 Å². The van der Waals surface area contributed by atoms with Crippen LogP contribution in [0.1, 0.15) is 47.4 Å². The fourth-order valence-electron chi connectivity index (χ4n) is 1.70. The van der Waals surface area contributed by atoms with Crippen LogP contribution in [0.5, 0.6) is 0 Å². The first-order valence-corrected chi connectivity index (χ1v) is 8.01. The fraction of sp³-hybridized carbons (Fsp3) is 0.421. The smallest absolute Gasteiger partial charge is 0.0416 e. The molecule has 0 aliphatic carbocycles. The minimum Gasteiger partial charge on any atom is -0.312 e. The van der Waals surface area contributed by atoms with E-state index in [2.05, 4.69) is 47.6 Å². The van der Waals surface area contributed by atoms with Gasteiger partial charge in [0.05, 0.1) is 0 Å². The largest absolute Gasteiger partial charge is 0.312 e. The normalized spacial score (nSPS) is 9.00. The minimum absolute atomic E-state index is 0. The molecule has 1 aromatic carbocycles. The Morgan fingerprint density at radius 2 is 1.62 bits per heavy atom. The van der Waals surface area contributed by atoms with Gasteiger partial charge in [0.1, 0.15) is 0 Å². The molecule has 1 aromatic heterocycles. The molecule has 1 N–H and O–H groups in total. The van der Waals surface area contributed by atoms with Crippen LogP contribution in [-0.2, 0) is 13.0 Å². The van der Waals surface area contributed by atoms with Crippen LogP contribution < -0.4 is 5.32 Å². The molecular weight excluding hydrogens is 256 g/mol. The van der Waals surface area contributed by atoms with Crippen molar-refractivity contribution in [1.29, 1.82) is 0 Å². The van der Waals surface area contributed by atoms with Crippen molar-refractivity contribution in [2.45, 2.75) is 47.6 Å². The van der Waals surface area contributed by atoms with Gasteiger partial charge >= 0.3 is 0 Å². The van der Waals surface area contributed by atoms with E-state index >= 15 is 0 Å². The Labute approximate surface area is 133 Å². The monoisotopic (exact) mass is 290 g/mol. The molecule has 0 amide bonds. The standard InChI is InChI=1S/C15H18N2.2C2H6.2H2/c1-13-5-7-14(8-6-13)12-16-11-9-15-4-2-3-10-17-15;2*1-2;;/h2-8,10,16H,9,11-12H2,1H3;2*1-2H3;2*1H. The number of hydrogen-bond acceptors (Lipinski definition) is 2. The molecule has 2 heteroatoms. The van der Waals surface area contributed by atoms with E-state index in [1.807, 2.05) is 46.0 Å². The third-order valence-corrected chi connectivity index (χ3v) is 2.73. The Hall–Kier alpha value is -1.67. The van der Waals surface area contributed by atoms with Gasteiger partial charge in [0.25, 0.3) is 0 Å². The number of hydrogen-bond donors (Lipinski definition) is 1. The molecule has 2 nitrogen and oxygen atoms in total. The zero-order chi connectivity index (χ0) is 15.9. The summed E-state index contributed by atoms with van der Waals surface area (Å²) in [6, 6.07) is 14.7. The van der Waals surface area contributed by atoms with E-state index in [1.54, 1.807) is 0 Å². The highest BCUT2D eigenvalue weighted by molar-refractivity contribution is 5.21. The van der Waals surface area contributed by atoms with E-state index in [0.29, 0.717) is 0 Å². The molecule has 0 radical (unpaired) electrons. The third kappa shape index (κ3) is 8.98. The van der Waals surface area contributed by atoms with E-state index in [4.69, 9.17) is 0 Å². The van der Waals surface area contributed by atoms with Gasteiger partial charge in [0.2, 0.25) is 0 Å². The first-order chi connectivity index (χ1) is 10.3. The molecule has 0 aliphatic rings. The summed E-state index contributed by atoms with van der Waals surface area (Å²) in [6.07, 6.45) is 2.82. The summed E-state index contributed by atoms with van der Waals surface area (Å²) in [5.74, 6) is 0. The predicted molar refractivity (Wildman–Crippen MR) is 97.8 cm³/mol. The van der Waals surface area contributed by atoms with Gasteiger partial charge in [-0.15, -0.1) is 0 Å². The molecule has 2 aromatic rings. The second-order valence-corrected chi connectivity index (χ2v) is 4.23. The van der Waals surface area contributed by atoms with Crippen LogP contribution in [0.25, 0.3) is 0 Å². The Kier molecular flexibility index (Phi) is 12.3. The van der Waals surface area contributed by atoms with Crippen LogP contribution >= 0.6 is 0 Å². The Morgan fingerprint density at radius 3 is 2.19 bits per heavy atom. The van der Waals surface area contributed by atoms with E-state index in [9.17, 15) is 0 Å². The molecule has 2 rings (SSSR count). The summed E-state index contributed by atoms with van der Waals surface area (Å²) in [7, 11) is 0. The van der Waals surface area contributed by atoms with Crippen molar-refractivity contribution in [3.05, 3.63) is 65.5 Å². The van der Waals surface area contributed by atoms with Gasteiger partial charge in [0.15, 0.2) is 0 Å². The van der Waals surface area contributed by atoms with Gasteiger partial charge in [-0.3, -0.25) is 4.98 Å². The number of pyridine rings is 1. The van der Waals surface area contributed by atoms with Gasteiger partial charge in [-0.25, -0.2) is 0 Å². The van der Waals surface area contributed by atoms with Crippen LogP contribution in [0, 0.1) is 6.92 Å². The third-order valence-electron chi connectivity index (χ3n) is 2.73. The van der Waals surface area contributed by atoms with Crippen LogP contribution in [0.15, 0.2) is 48.7 Å². The highest BCUT2D eigenvalue weighted by atomic mass is 14.8. The molecule has 0 aliphatic heterocycles. The Bertz CT molecular complexity index is 445. The van der Waals surface area contributed by atoms with Crippen molar-refractivity contribution in [3.63, 3.8) is 0 Å². The van der Waals surface area contributed by atoms with Crippen LogP contribution in [0.3, 0.4) is 0 Å². The summed E-state index contributed by atoms with van der Waals surface area (Å²) < 4.78 is 0. The summed E-state index contributed by atoms with van der Waals surface area (Å²) in [5.41, 5.74) is 3.78. The number of aromatic nitrogens is 1. The molecule has 1 heterocycles. The molecule has 0 fully saturated rings.